The molecule has 1 aliphatic rings. The van der Waals surface area contributed by atoms with Gasteiger partial charge in [0.05, 0.1) is 11.4 Å². The first kappa shape index (κ1) is 15.0. The van der Waals surface area contributed by atoms with Crippen LogP contribution in [0.4, 0.5) is 16.2 Å². The molecular formula is C18H16N2O3. The van der Waals surface area contributed by atoms with Gasteiger partial charge in [0, 0.05) is 0 Å². The van der Waals surface area contributed by atoms with Crippen LogP contribution < -0.4 is 9.80 Å². The Morgan fingerprint density at radius 2 is 1.48 bits per heavy atom. The maximum Gasteiger partial charge on any atom is 0.342 e. The highest BCUT2D eigenvalue weighted by Gasteiger charge is 2.40. The molecule has 2 aromatic rings. The number of carbonyl (C=O) groups excluding carboxylic acids is 3. The summed E-state index contributed by atoms with van der Waals surface area (Å²) in [7, 11) is 0. The van der Waals surface area contributed by atoms with Gasteiger partial charge in [0.1, 0.15) is 6.42 Å². The third-order valence-electron chi connectivity index (χ3n) is 3.80. The fourth-order valence-corrected chi connectivity index (χ4v) is 2.63. The number of para-hydroxylation sites is 1. The minimum atomic E-state index is -0.633. The normalized spacial score (nSPS) is 15.3. The van der Waals surface area contributed by atoms with Crippen molar-refractivity contribution in [2.45, 2.75) is 20.3 Å². The summed E-state index contributed by atoms with van der Waals surface area (Å²) in [6.45, 7) is 3.72. The molecule has 1 heterocycles. The van der Waals surface area contributed by atoms with E-state index in [-0.39, 0.29) is 6.42 Å². The molecule has 5 nitrogen and oxygen atoms in total. The second-order valence-corrected chi connectivity index (χ2v) is 5.54. The van der Waals surface area contributed by atoms with E-state index >= 15 is 0 Å². The van der Waals surface area contributed by atoms with Gasteiger partial charge in [-0.1, -0.05) is 30.3 Å². The number of hydrogen-bond acceptors (Lipinski definition) is 3. The minimum absolute atomic E-state index is 0.325. The number of nitrogens with zero attached hydrogens (tertiary/aromatic N) is 2. The highest BCUT2D eigenvalue weighted by Crippen LogP contribution is 2.29. The Balaban J connectivity index is 2.07. The largest absolute Gasteiger partial charge is 0.342 e. The number of benzene rings is 2. The van der Waals surface area contributed by atoms with Gasteiger partial charge >= 0.3 is 6.03 Å². The van der Waals surface area contributed by atoms with Gasteiger partial charge in [-0.2, -0.15) is 0 Å². The maximum atomic E-state index is 12.8. The Morgan fingerprint density at radius 3 is 2.17 bits per heavy atom. The number of aryl methyl sites for hydroxylation is 2. The van der Waals surface area contributed by atoms with Crippen molar-refractivity contribution in [1.29, 1.82) is 0 Å². The first-order valence-corrected chi connectivity index (χ1v) is 7.31. The highest BCUT2D eigenvalue weighted by atomic mass is 16.2. The molecule has 0 N–H and O–H groups in total. The van der Waals surface area contributed by atoms with Gasteiger partial charge in [-0.05, 0) is 43.2 Å². The summed E-state index contributed by atoms with van der Waals surface area (Å²) < 4.78 is 0. The van der Waals surface area contributed by atoms with Crippen LogP contribution in [0, 0.1) is 13.8 Å². The van der Waals surface area contributed by atoms with Crippen LogP contribution in [0.25, 0.3) is 0 Å². The fraction of sp³-hybridized carbons (Fsp3) is 0.167. The SMILES string of the molecule is Cc1ccc(C)c(N2C(=O)CC(=O)N(c3ccccc3)C2=O)c1. The molecule has 4 amide bonds. The second-order valence-electron chi connectivity index (χ2n) is 5.54. The van der Waals surface area contributed by atoms with Crippen LogP contribution in [0.15, 0.2) is 48.5 Å². The van der Waals surface area contributed by atoms with Gasteiger partial charge in [-0.3, -0.25) is 9.59 Å². The number of amides is 4. The molecule has 0 bridgehead atoms. The standard InChI is InChI=1S/C18H16N2O3/c1-12-8-9-13(2)15(10-12)20-17(22)11-16(21)19(18(20)23)14-6-4-3-5-7-14/h3-10H,11H2,1-2H3. The van der Waals surface area contributed by atoms with Gasteiger partial charge in [0.25, 0.3) is 0 Å². The molecular weight excluding hydrogens is 292 g/mol. The molecule has 0 aliphatic carbocycles. The van der Waals surface area contributed by atoms with E-state index in [4.69, 9.17) is 0 Å². The lowest BCUT2D eigenvalue weighted by molar-refractivity contribution is -0.126. The Hall–Kier alpha value is -2.95. The molecule has 0 aromatic heterocycles. The zero-order valence-electron chi connectivity index (χ0n) is 12.9. The second kappa shape index (κ2) is 5.68. The highest BCUT2D eigenvalue weighted by molar-refractivity contribution is 6.35. The van der Waals surface area contributed by atoms with E-state index in [1.807, 2.05) is 26.0 Å². The zero-order chi connectivity index (χ0) is 16.6. The molecule has 5 heteroatoms. The molecule has 1 saturated heterocycles. The molecule has 0 unspecified atom stereocenters. The average Bonchev–Trinajstić information content (AvgIpc) is 2.51. The zero-order valence-corrected chi connectivity index (χ0v) is 12.9. The topological polar surface area (TPSA) is 57.7 Å². The van der Waals surface area contributed by atoms with Crippen molar-refractivity contribution in [1.82, 2.24) is 0 Å². The number of rotatable bonds is 2. The Labute approximate surface area is 134 Å². The molecule has 116 valence electrons. The van der Waals surface area contributed by atoms with Crippen molar-refractivity contribution in [3.63, 3.8) is 0 Å². The van der Waals surface area contributed by atoms with Gasteiger partial charge < -0.3 is 0 Å². The van der Waals surface area contributed by atoms with E-state index in [1.165, 1.54) is 0 Å². The van der Waals surface area contributed by atoms with Crippen molar-refractivity contribution in [2.24, 2.45) is 0 Å². The molecule has 0 atom stereocenters. The number of carbonyl (C=O) groups is 3. The molecule has 0 saturated carbocycles. The van der Waals surface area contributed by atoms with E-state index in [0.717, 1.165) is 20.9 Å². The molecule has 3 rings (SSSR count). The lowest BCUT2D eigenvalue weighted by atomic mass is 10.1. The van der Waals surface area contributed by atoms with E-state index < -0.39 is 17.8 Å². The molecule has 0 spiro atoms. The van der Waals surface area contributed by atoms with E-state index in [1.54, 1.807) is 36.4 Å². The van der Waals surface area contributed by atoms with Crippen LogP contribution in [0.3, 0.4) is 0 Å². The molecule has 0 radical (unpaired) electrons. The molecule has 1 aliphatic heterocycles. The van der Waals surface area contributed by atoms with Gasteiger partial charge in [-0.25, -0.2) is 14.6 Å². The van der Waals surface area contributed by atoms with Gasteiger partial charge in [0.2, 0.25) is 11.8 Å². The quantitative estimate of drug-likeness (QED) is 0.801. The monoisotopic (exact) mass is 308 g/mol. The molecule has 23 heavy (non-hydrogen) atoms. The smallest absolute Gasteiger partial charge is 0.273 e. The van der Waals surface area contributed by atoms with Crippen molar-refractivity contribution >= 4 is 29.2 Å². The summed E-state index contributed by atoms with van der Waals surface area (Å²) in [5, 5.41) is 0. The van der Waals surface area contributed by atoms with Crippen LogP contribution in [-0.4, -0.2) is 17.8 Å². The van der Waals surface area contributed by atoms with Gasteiger partial charge in [-0.15, -0.1) is 0 Å². The predicted octanol–water partition coefficient (Wildman–Crippen LogP) is 3.19. The van der Waals surface area contributed by atoms with Crippen molar-refractivity contribution in [2.75, 3.05) is 9.80 Å². The lowest BCUT2D eigenvalue weighted by Crippen LogP contribution is -2.55. The summed E-state index contributed by atoms with van der Waals surface area (Å²) in [5.41, 5.74) is 2.73. The summed E-state index contributed by atoms with van der Waals surface area (Å²) in [4.78, 5) is 39.5. The number of barbiturate groups is 1. The van der Waals surface area contributed by atoms with E-state index in [9.17, 15) is 14.4 Å². The van der Waals surface area contributed by atoms with E-state index in [2.05, 4.69) is 0 Å². The first-order valence-electron chi connectivity index (χ1n) is 7.31. The van der Waals surface area contributed by atoms with Crippen molar-refractivity contribution in [3.05, 3.63) is 59.7 Å². The Bertz CT molecular complexity index is 799. The van der Waals surface area contributed by atoms with Crippen LogP contribution in [0.5, 0.6) is 0 Å². The van der Waals surface area contributed by atoms with Crippen LogP contribution in [-0.2, 0) is 9.59 Å². The van der Waals surface area contributed by atoms with E-state index in [0.29, 0.717) is 11.4 Å². The number of hydrogen-bond donors (Lipinski definition) is 0. The summed E-state index contributed by atoms with van der Waals surface area (Å²) in [6.07, 6.45) is -0.325. The minimum Gasteiger partial charge on any atom is -0.273 e. The lowest BCUT2D eigenvalue weighted by Gasteiger charge is -2.33. The van der Waals surface area contributed by atoms with Crippen molar-refractivity contribution < 1.29 is 14.4 Å². The third-order valence-corrected chi connectivity index (χ3v) is 3.80. The first-order chi connectivity index (χ1) is 11.0. The average molecular weight is 308 g/mol. The maximum absolute atomic E-state index is 12.8. The van der Waals surface area contributed by atoms with Crippen LogP contribution >= 0.6 is 0 Å². The third kappa shape index (κ3) is 2.61. The Kier molecular flexibility index (Phi) is 3.70. The number of anilines is 2. The van der Waals surface area contributed by atoms with Gasteiger partial charge in [0.15, 0.2) is 0 Å². The summed E-state index contributed by atoms with van der Waals surface area (Å²) in [6, 6.07) is 13.6. The summed E-state index contributed by atoms with van der Waals surface area (Å²) in [5.74, 6) is -1.01. The van der Waals surface area contributed by atoms with Crippen LogP contribution in [0.2, 0.25) is 0 Å². The van der Waals surface area contributed by atoms with Crippen LogP contribution in [0.1, 0.15) is 17.5 Å². The molecule has 2 aromatic carbocycles. The van der Waals surface area contributed by atoms with Crippen molar-refractivity contribution in [3.8, 4) is 0 Å². The molecule has 1 fully saturated rings. The predicted molar refractivity (Wildman–Crippen MR) is 87.3 cm³/mol. The number of imide groups is 2. The number of urea groups is 1. The fourth-order valence-electron chi connectivity index (χ4n) is 2.63. The summed E-state index contributed by atoms with van der Waals surface area (Å²) >= 11 is 0. The Morgan fingerprint density at radius 1 is 0.826 bits per heavy atom.